The van der Waals surface area contributed by atoms with Gasteiger partial charge in [-0.1, -0.05) is 281 Å². The van der Waals surface area contributed by atoms with Crippen molar-refractivity contribution in [3.8, 4) is 89.8 Å². The first-order chi connectivity index (χ1) is 46.5. The van der Waals surface area contributed by atoms with Gasteiger partial charge in [-0.25, -0.2) is 0 Å². The molecule has 0 bridgehead atoms. The van der Waals surface area contributed by atoms with Crippen LogP contribution in [-0.2, 0) is 16.2 Å². The fraction of sp³-hybridized carbons (Fsp3) is 0.133. The van der Waals surface area contributed by atoms with Gasteiger partial charge in [0.05, 0.1) is 17.1 Å². The van der Waals surface area contributed by atoms with E-state index in [1.807, 2.05) is 0 Å². The minimum absolute atomic E-state index is 0.179. The predicted octanol–water partition coefficient (Wildman–Crippen LogP) is 20.4. The van der Waals surface area contributed by atoms with E-state index in [4.69, 9.17) is 9.47 Å². The van der Waals surface area contributed by atoms with Crippen LogP contribution in [0.5, 0.6) is 23.0 Å². The molecule has 0 aromatic heterocycles. The second kappa shape index (κ2) is 22.4. The molecule has 0 saturated carbocycles. The largest absolute Gasteiger partial charge is 0.458 e. The molecule has 4 heterocycles. The highest BCUT2D eigenvalue weighted by atomic mass is 16.5. The van der Waals surface area contributed by atoms with Gasteiger partial charge < -0.3 is 19.3 Å². The molecule has 4 aliphatic rings. The van der Waals surface area contributed by atoms with Crippen LogP contribution < -0.4 is 52.1 Å². The Morgan fingerprint density at radius 2 is 0.625 bits per heavy atom. The highest BCUT2D eigenvalue weighted by Crippen LogP contribution is 2.57. The molecule has 462 valence electrons. The third-order valence-corrected chi connectivity index (χ3v) is 20.4. The molecule has 0 fully saturated rings. The Labute approximate surface area is 566 Å². The quantitative estimate of drug-likeness (QED) is 0.142. The monoisotopic (exact) mass is 1240 g/mol. The molecule has 0 atom stereocenters. The lowest BCUT2D eigenvalue weighted by atomic mass is 9.31. The van der Waals surface area contributed by atoms with Crippen LogP contribution in [0.15, 0.2) is 285 Å². The van der Waals surface area contributed by atoms with Gasteiger partial charge in [-0.2, -0.15) is 0 Å². The Morgan fingerprint density at radius 3 is 1.10 bits per heavy atom. The number of hydrogen-bond acceptors (Lipinski definition) is 4. The topological polar surface area (TPSA) is 24.9 Å². The Balaban J connectivity index is 1.08. The van der Waals surface area contributed by atoms with Crippen molar-refractivity contribution >= 4 is 80.3 Å². The first-order valence-electron chi connectivity index (χ1n) is 33.9. The molecule has 13 aromatic carbocycles. The van der Waals surface area contributed by atoms with E-state index >= 15 is 0 Å². The van der Waals surface area contributed by atoms with Crippen LogP contribution in [0.25, 0.3) is 66.8 Å². The molecule has 0 radical (unpaired) electrons. The van der Waals surface area contributed by atoms with Crippen LogP contribution in [0.3, 0.4) is 0 Å². The van der Waals surface area contributed by atoms with Crippen molar-refractivity contribution in [2.24, 2.45) is 0 Å². The summed E-state index contributed by atoms with van der Waals surface area (Å²) in [6.07, 6.45) is 0. The van der Waals surface area contributed by atoms with E-state index in [2.05, 4.69) is 357 Å². The minimum atomic E-state index is -0.358. The molecule has 4 nitrogen and oxygen atoms in total. The lowest BCUT2D eigenvalue weighted by molar-refractivity contribution is 0.466. The van der Waals surface area contributed by atoms with Gasteiger partial charge in [0.1, 0.15) is 23.0 Å². The number of para-hydroxylation sites is 2. The predicted molar refractivity (Wildman–Crippen MR) is 407 cm³/mol. The van der Waals surface area contributed by atoms with Gasteiger partial charge in [-0.05, 0) is 171 Å². The molecule has 0 aliphatic carbocycles. The average Bonchev–Trinajstić information content (AvgIpc) is 0.677. The molecule has 0 amide bonds. The van der Waals surface area contributed by atoms with E-state index in [1.165, 1.54) is 38.7 Å². The summed E-state index contributed by atoms with van der Waals surface area (Å²) in [5.41, 5.74) is 30.0. The molecule has 0 unspecified atom stereocenters. The fourth-order valence-electron chi connectivity index (χ4n) is 15.5. The fourth-order valence-corrected chi connectivity index (χ4v) is 15.5. The summed E-state index contributed by atoms with van der Waals surface area (Å²) in [4.78, 5) is 5.36. The van der Waals surface area contributed by atoms with Crippen molar-refractivity contribution in [1.82, 2.24) is 0 Å². The maximum Gasteiger partial charge on any atom is 0.260 e. The van der Waals surface area contributed by atoms with Gasteiger partial charge in [0.15, 0.2) is 0 Å². The van der Waals surface area contributed by atoms with E-state index in [0.717, 1.165) is 135 Å². The van der Waals surface area contributed by atoms with Crippen molar-refractivity contribution in [2.45, 2.75) is 78.6 Å². The highest BCUT2D eigenvalue weighted by molar-refractivity contribution is 7.02. The Hall–Kier alpha value is -10.8. The third-order valence-electron chi connectivity index (χ3n) is 20.4. The molecule has 13 aromatic rings. The lowest BCUT2D eigenvalue weighted by Crippen LogP contribution is -2.63. The number of nitrogens with zero attached hydrogens (tertiary/aromatic N) is 2. The summed E-state index contributed by atoms with van der Waals surface area (Å²) in [6.45, 7) is 20.7. The molecule has 0 saturated heterocycles. The summed E-state index contributed by atoms with van der Waals surface area (Å²) < 4.78 is 15.3. The van der Waals surface area contributed by atoms with E-state index in [0.29, 0.717) is 0 Å². The van der Waals surface area contributed by atoms with E-state index in [1.54, 1.807) is 0 Å². The number of benzene rings is 13. The number of anilines is 6. The standard InChI is InChI=1S/C90H74B2N2O2/c1-88(2,3)65-50-68(58-32-17-11-18-33-58)84(69(51-65)59-34-19-12-20-35-59)93-76-47-46-64(63-41-29-40-62(48-63)57-30-15-10-16-31-57)49-74(76)92-75-56-81-83-87(96-80-45-28-26-43-73(80)91(83)72-42-25-27-44-79(72)95-81)86(75)94(78-55-67(90(7,8)9)54-77(93)82(78)92)85-70(60-36-21-13-22-37-60)52-66(89(4,5)6)53-71(85)61-38-23-14-24-39-61/h10-56H,1-9H3. The van der Waals surface area contributed by atoms with Gasteiger partial charge in [-0.15, -0.1) is 0 Å². The van der Waals surface area contributed by atoms with Gasteiger partial charge in [0, 0.05) is 44.8 Å². The van der Waals surface area contributed by atoms with E-state index < -0.39 is 0 Å². The van der Waals surface area contributed by atoms with Crippen LogP contribution in [0.4, 0.5) is 34.1 Å². The van der Waals surface area contributed by atoms with Crippen molar-refractivity contribution in [3.05, 3.63) is 302 Å². The average molecular weight is 1240 g/mol. The van der Waals surface area contributed by atoms with Crippen molar-refractivity contribution in [2.75, 3.05) is 9.80 Å². The molecular formula is C90H74B2N2O2. The second-order valence-corrected chi connectivity index (χ2v) is 29.6. The molecule has 4 aliphatic heterocycles. The second-order valence-electron chi connectivity index (χ2n) is 29.6. The lowest BCUT2D eigenvalue weighted by Gasteiger charge is -2.48. The number of fused-ring (bicyclic) bond motifs is 9. The van der Waals surface area contributed by atoms with Gasteiger partial charge >= 0.3 is 0 Å². The summed E-state index contributed by atoms with van der Waals surface area (Å²) in [7, 11) is 0. The van der Waals surface area contributed by atoms with Crippen LogP contribution >= 0.6 is 0 Å². The van der Waals surface area contributed by atoms with Crippen molar-refractivity contribution in [3.63, 3.8) is 0 Å². The zero-order chi connectivity index (χ0) is 65.4. The zero-order valence-corrected chi connectivity index (χ0v) is 56.0. The third kappa shape index (κ3) is 9.74. The zero-order valence-electron chi connectivity index (χ0n) is 56.0. The van der Waals surface area contributed by atoms with E-state index in [9.17, 15) is 0 Å². The van der Waals surface area contributed by atoms with Gasteiger partial charge in [-0.3, -0.25) is 0 Å². The Morgan fingerprint density at radius 1 is 0.250 bits per heavy atom. The highest BCUT2D eigenvalue weighted by Gasteiger charge is 2.51. The number of hydrogen-bond donors (Lipinski definition) is 0. The van der Waals surface area contributed by atoms with Crippen molar-refractivity contribution < 1.29 is 9.47 Å². The molecule has 0 N–H and O–H groups in total. The van der Waals surface area contributed by atoms with Gasteiger partial charge in [0.2, 0.25) is 0 Å². The van der Waals surface area contributed by atoms with Crippen LogP contribution in [0.2, 0.25) is 0 Å². The molecular weight excluding hydrogens is 1160 g/mol. The summed E-state index contributed by atoms with van der Waals surface area (Å²) in [5, 5.41) is 0. The summed E-state index contributed by atoms with van der Waals surface area (Å²) in [6, 6.07) is 106. The van der Waals surface area contributed by atoms with Crippen molar-refractivity contribution in [1.29, 1.82) is 0 Å². The first kappa shape index (κ1) is 59.0. The summed E-state index contributed by atoms with van der Waals surface area (Å²) >= 11 is 0. The smallest absolute Gasteiger partial charge is 0.260 e. The summed E-state index contributed by atoms with van der Waals surface area (Å²) in [5.74, 6) is 3.30. The molecule has 6 heteroatoms. The Kier molecular flexibility index (Phi) is 13.8. The first-order valence-corrected chi connectivity index (χ1v) is 33.9. The Bertz CT molecular complexity index is 5110. The number of ether oxygens (including phenoxy) is 2. The van der Waals surface area contributed by atoms with Crippen LogP contribution in [0.1, 0.15) is 79.0 Å². The number of rotatable bonds is 8. The van der Waals surface area contributed by atoms with Crippen LogP contribution in [0, 0.1) is 0 Å². The van der Waals surface area contributed by atoms with Gasteiger partial charge in [0.25, 0.3) is 13.4 Å². The SMILES string of the molecule is CC(C)(C)c1cc(-c2ccccc2)c(N2c3ccc(-c4cccc(-c5ccccc5)c4)cc3B3c4cc5c6c(c4N(c4c(-c7ccccc7)cc(C(C)(C)C)cc4-c4ccccc4)c4cc(C(C)(C)C)cc2c43)Oc2ccccc2B6c2ccccc2O5)c(-c2ccccc2)c1. The van der Waals surface area contributed by atoms with Crippen LogP contribution in [-0.4, -0.2) is 13.4 Å². The maximum atomic E-state index is 7.87. The molecule has 96 heavy (non-hydrogen) atoms. The maximum absolute atomic E-state index is 7.87. The molecule has 17 rings (SSSR count). The molecule has 0 spiro atoms. The minimum Gasteiger partial charge on any atom is -0.458 e. The van der Waals surface area contributed by atoms with E-state index in [-0.39, 0.29) is 29.7 Å². The normalized spacial score (nSPS) is 13.3.